The molecule has 1 fully saturated rings. The molecule has 1 heterocycles. The van der Waals surface area contributed by atoms with Crippen molar-refractivity contribution < 1.29 is 58.6 Å². The third-order valence-electron chi connectivity index (χ3n) is 10.1. The van der Waals surface area contributed by atoms with Gasteiger partial charge in [-0.05, 0) is 47.8 Å². The summed E-state index contributed by atoms with van der Waals surface area (Å²) in [6, 6.07) is 23.8. The fraction of sp³-hybridized carbons (Fsp3) is 0.488. The number of hydrogen-bond donors (Lipinski definition) is 0. The van der Waals surface area contributed by atoms with Gasteiger partial charge in [-0.25, -0.2) is 0 Å². The van der Waals surface area contributed by atoms with Crippen molar-refractivity contribution in [2.24, 2.45) is 0 Å². The van der Waals surface area contributed by atoms with Crippen molar-refractivity contribution in [2.75, 3.05) is 27.6 Å². The molecule has 0 bridgehead atoms. The average molecular weight is 912 g/mol. The Morgan fingerprint density at radius 1 is 0.950 bits per heavy atom. The molecule has 2 aliphatic rings. The fourth-order valence-corrected chi connectivity index (χ4v) is 13.6. The lowest BCUT2D eigenvalue weighted by Crippen LogP contribution is -2.66. The van der Waals surface area contributed by atoms with Crippen molar-refractivity contribution in [1.29, 1.82) is 0 Å². The van der Waals surface area contributed by atoms with Gasteiger partial charge in [-0.2, -0.15) is 21.6 Å². The highest BCUT2D eigenvalue weighted by molar-refractivity contribution is 7.87. The molecule has 0 radical (unpaired) electrons. The van der Waals surface area contributed by atoms with Crippen molar-refractivity contribution in [3.63, 3.8) is 0 Å². The highest BCUT2D eigenvalue weighted by Crippen LogP contribution is 2.53. The van der Waals surface area contributed by atoms with E-state index in [0.29, 0.717) is 12.0 Å². The minimum Gasteiger partial charge on any atom is -0.493 e. The summed E-state index contributed by atoms with van der Waals surface area (Å²) in [5.41, 5.74) is -4.16. The van der Waals surface area contributed by atoms with E-state index >= 15 is 0 Å². The highest BCUT2D eigenvalue weighted by atomic mass is 35.5. The van der Waals surface area contributed by atoms with Gasteiger partial charge < -0.3 is 37.0 Å². The first-order valence-corrected chi connectivity index (χ1v) is 26.6. The molecule has 0 saturated carbocycles. The van der Waals surface area contributed by atoms with Crippen LogP contribution in [-0.2, 0) is 37.7 Å². The first kappa shape index (κ1) is 47.7. The number of ether oxygens (including phenoxy) is 6. The molecule has 1 aliphatic heterocycles. The van der Waals surface area contributed by atoms with Crippen LogP contribution in [0.2, 0.25) is 29.7 Å². The minimum absolute atomic E-state index is 0.0409. The van der Waals surface area contributed by atoms with Crippen LogP contribution in [0.5, 0.6) is 11.5 Å². The van der Waals surface area contributed by atoms with Gasteiger partial charge in [-0.1, -0.05) is 125 Å². The second-order valence-corrected chi connectivity index (χ2v) is 28.0. The number of rotatable bonds is 16. The van der Waals surface area contributed by atoms with E-state index in [-0.39, 0.29) is 41.4 Å². The predicted octanol–water partition coefficient (Wildman–Crippen LogP) is 8.65. The molecule has 0 N–H and O–H groups in total. The molecule has 328 valence electrons. The van der Waals surface area contributed by atoms with E-state index < -0.39 is 67.5 Å². The normalized spacial score (nSPS) is 20.4. The summed E-state index contributed by atoms with van der Waals surface area (Å²) in [5, 5.41) is 1.96. The van der Waals surface area contributed by atoms with Crippen LogP contribution in [0.4, 0.5) is 13.2 Å². The second-order valence-electron chi connectivity index (χ2n) is 17.1. The minimum atomic E-state index is -6.14. The largest absolute Gasteiger partial charge is 0.534 e. The van der Waals surface area contributed by atoms with E-state index in [1.54, 1.807) is 26.0 Å². The molecule has 4 atom stereocenters. The van der Waals surface area contributed by atoms with Gasteiger partial charge in [0.15, 0.2) is 29.1 Å². The van der Waals surface area contributed by atoms with Crippen LogP contribution in [0.3, 0.4) is 0 Å². The monoisotopic (exact) mass is 910 g/mol. The van der Waals surface area contributed by atoms with Gasteiger partial charge in [0, 0.05) is 25.7 Å². The first-order valence-electron chi connectivity index (χ1n) is 19.4. The Labute approximate surface area is 358 Å². The molecular formula is C43H54ClF3O10SSi2. The third kappa shape index (κ3) is 9.95. The van der Waals surface area contributed by atoms with Crippen LogP contribution in [-0.4, -0.2) is 81.5 Å². The Balaban J connectivity index is 1.59. The van der Waals surface area contributed by atoms with Gasteiger partial charge in [0.2, 0.25) is 5.60 Å². The van der Waals surface area contributed by atoms with Crippen molar-refractivity contribution >= 4 is 48.5 Å². The standard InChI is InChI=1S/C43H54ClF3O10SSi2/c1-40(2,3)60(30-17-13-11-14-18-30,31-19-15-12-16-20-31)53-27-25-33(52-29-50-6)32-21-22-34(51-7)39(38(32)44)54-35(26-28-59(8,9)10)42-36(55-41(4,5)57-42)23-24-37(42)56-58(48,49)43(45,46)47/h11-22,24,33,35-36H,23,25,27,29H2,1-10H3/t33-,35-,36-,42-/m1/s1. The molecule has 0 unspecified atom stereocenters. The van der Waals surface area contributed by atoms with Gasteiger partial charge in [0.25, 0.3) is 8.32 Å². The van der Waals surface area contributed by atoms with Gasteiger partial charge in [-0.15, -0.1) is 5.54 Å². The summed E-state index contributed by atoms with van der Waals surface area (Å²) in [6.07, 6.45) is -1.88. The van der Waals surface area contributed by atoms with E-state index in [1.165, 1.54) is 20.3 Å². The molecule has 0 amide bonds. The zero-order chi connectivity index (χ0) is 44.4. The Kier molecular flexibility index (Phi) is 14.4. The number of fused-ring (bicyclic) bond motifs is 1. The maximum absolute atomic E-state index is 13.8. The molecule has 0 aromatic heterocycles. The fourth-order valence-electron chi connectivity index (χ4n) is 7.60. The smallest absolute Gasteiger partial charge is 0.493 e. The zero-order valence-corrected chi connectivity index (χ0v) is 39.1. The molecule has 5 rings (SSSR count). The maximum atomic E-state index is 13.8. The lowest BCUT2D eigenvalue weighted by molar-refractivity contribution is -0.172. The van der Waals surface area contributed by atoms with Crippen molar-refractivity contribution in [3.8, 4) is 23.0 Å². The predicted molar refractivity (Wildman–Crippen MR) is 229 cm³/mol. The van der Waals surface area contributed by atoms with Crippen LogP contribution in [0.25, 0.3) is 0 Å². The van der Waals surface area contributed by atoms with Crippen molar-refractivity contribution in [2.45, 2.75) is 107 Å². The maximum Gasteiger partial charge on any atom is 0.534 e. The second kappa shape index (κ2) is 18.2. The number of halogens is 4. The van der Waals surface area contributed by atoms with Gasteiger partial charge in [0.05, 0.1) is 18.2 Å². The molecule has 1 aliphatic carbocycles. The van der Waals surface area contributed by atoms with Crippen molar-refractivity contribution in [3.05, 3.63) is 95.2 Å². The summed E-state index contributed by atoms with van der Waals surface area (Å²) < 4.78 is 115. The molecule has 1 saturated heterocycles. The Hall–Kier alpha value is -3.38. The van der Waals surface area contributed by atoms with E-state index in [9.17, 15) is 21.6 Å². The van der Waals surface area contributed by atoms with E-state index in [4.69, 9.17) is 48.6 Å². The summed E-state index contributed by atoms with van der Waals surface area (Å²) in [6.45, 7) is 15.7. The molecule has 3 aromatic rings. The van der Waals surface area contributed by atoms with Gasteiger partial charge >= 0.3 is 15.6 Å². The van der Waals surface area contributed by atoms with E-state index in [0.717, 1.165) is 10.4 Å². The van der Waals surface area contributed by atoms with Crippen LogP contribution in [0.1, 0.15) is 59.1 Å². The Bertz CT molecular complexity index is 2130. The summed E-state index contributed by atoms with van der Waals surface area (Å²) >= 11 is 7.28. The highest BCUT2D eigenvalue weighted by Gasteiger charge is 2.66. The number of hydrogen-bond acceptors (Lipinski definition) is 10. The van der Waals surface area contributed by atoms with Gasteiger partial charge in [-0.3, -0.25) is 0 Å². The van der Waals surface area contributed by atoms with Crippen LogP contribution < -0.4 is 19.8 Å². The molecule has 60 heavy (non-hydrogen) atoms. The van der Waals surface area contributed by atoms with Crippen molar-refractivity contribution in [1.82, 2.24) is 0 Å². The molecule has 0 spiro atoms. The number of alkyl halides is 3. The summed E-state index contributed by atoms with van der Waals surface area (Å²) in [5.74, 6) is 1.09. The summed E-state index contributed by atoms with van der Waals surface area (Å²) in [7, 11) is -8.44. The zero-order valence-electron chi connectivity index (χ0n) is 35.6. The summed E-state index contributed by atoms with van der Waals surface area (Å²) in [4.78, 5) is 0. The quantitative estimate of drug-likeness (QED) is 0.0456. The van der Waals surface area contributed by atoms with Gasteiger partial charge in [0.1, 0.15) is 21.0 Å². The Morgan fingerprint density at radius 2 is 1.55 bits per heavy atom. The van der Waals surface area contributed by atoms with Crippen LogP contribution >= 0.6 is 11.6 Å². The van der Waals surface area contributed by atoms with E-state index in [1.807, 2.05) is 56.0 Å². The van der Waals surface area contributed by atoms with Crippen LogP contribution in [0, 0.1) is 11.5 Å². The SMILES string of the molecule is COCO[C@H](CCO[Si](c1ccccc1)(c1ccccc1)C(C)(C)C)c1ccc(OC)c(O[C@H](C#C[Si](C)(C)C)[C@@]23OC(C)(C)O[C@@H]2CC=C3OS(=O)(=O)C(F)(F)F)c1Cl. The van der Waals surface area contributed by atoms with E-state index in [2.05, 4.69) is 56.5 Å². The molecule has 10 nitrogen and oxygen atoms in total. The lowest BCUT2D eigenvalue weighted by Gasteiger charge is -2.43. The topological polar surface area (TPSA) is 108 Å². The third-order valence-corrected chi connectivity index (χ3v) is 17.4. The first-order chi connectivity index (χ1) is 27.9. The Morgan fingerprint density at radius 3 is 2.07 bits per heavy atom. The average Bonchev–Trinajstić information content (AvgIpc) is 3.62. The van der Waals surface area contributed by atoms with Crippen LogP contribution in [0.15, 0.2) is 84.6 Å². The number of methoxy groups -OCH3 is 2. The lowest BCUT2D eigenvalue weighted by atomic mass is 9.92. The number of benzene rings is 3. The molecule has 17 heteroatoms. The molecule has 3 aromatic carbocycles. The molecular weight excluding hydrogens is 857 g/mol.